The van der Waals surface area contributed by atoms with Gasteiger partial charge < -0.3 is 26.0 Å². The van der Waals surface area contributed by atoms with Crippen LogP contribution in [0.15, 0.2) is 73.1 Å². The number of carbonyl (C=O) groups excluding carboxylic acids is 3. The molecule has 0 bridgehead atoms. The van der Waals surface area contributed by atoms with Crippen molar-refractivity contribution in [2.45, 2.75) is 44.7 Å². The number of anilines is 2. The fourth-order valence-corrected chi connectivity index (χ4v) is 4.51. The van der Waals surface area contributed by atoms with Crippen molar-refractivity contribution in [3.05, 3.63) is 89.7 Å². The van der Waals surface area contributed by atoms with Gasteiger partial charge in [-0.1, -0.05) is 42.5 Å². The maximum atomic E-state index is 13.3. The number of carbonyl (C=O) groups is 4. The van der Waals surface area contributed by atoms with Gasteiger partial charge in [-0.3, -0.25) is 19.4 Å². The molecule has 2 aromatic carbocycles. The Hall–Kier alpha value is -4.73. The number of amides is 4. The Morgan fingerprint density at radius 1 is 1.00 bits per heavy atom. The van der Waals surface area contributed by atoms with E-state index in [1.807, 2.05) is 36.4 Å². The zero-order valence-corrected chi connectivity index (χ0v) is 21.4. The van der Waals surface area contributed by atoms with Crippen LogP contribution in [-0.4, -0.2) is 40.5 Å². The van der Waals surface area contributed by atoms with Crippen LogP contribution in [0, 0.1) is 0 Å². The van der Waals surface area contributed by atoms with Gasteiger partial charge in [-0.2, -0.15) is 0 Å². The Morgan fingerprint density at radius 2 is 1.82 bits per heavy atom. The van der Waals surface area contributed by atoms with Crippen molar-refractivity contribution < 1.29 is 24.3 Å². The molecule has 4 N–H and O–H groups in total. The first kappa shape index (κ1) is 27.3. The Balaban J connectivity index is 1.42. The number of nitrogens with one attached hydrogen (secondary N) is 3. The summed E-state index contributed by atoms with van der Waals surface area (Å²) in [6.45, 7) is 0.809. The summed E-state index contributed by atoms with van der Waals surface area (Å²) in [5.74, 6) is -2.05. The number of hydrogen-bond acceptors (Lipinski definition) is 5. The summed E-state index contributed by atoms with van der Waals surface area (Å²) in [5.41, 5.74) is 3.65. The molecule has 2 heterocycles. The summed E-state index contributed by atoms with van der Waals surface area (Å²) in [7, 11) is 0. The number of rotatable bonds is 9. The molecule has 39 heavy (non-hydrogen) atoms. The molecule has 10 nitrogen and oxygen atoms in total. The topological polar surface area (TPSA) is 141 Å². The molecule has 1 aliphatic rings. The van der Waals surface area contributed by atoms with Crippen LogP contribution in [0.2, 0.25) is 0 Å². The van der Waals surface area contributed by atoms with E-state index >= 15 is 0 Å². The highest BCUT2D eigenvalue weighted by Crippen LogP contribution is 2.30. The Morgan fingerprint density at radius 3 is 2.56 bits per heavy atom. The van der Waals surface area contributed by atoms with E-state index in [0.29, 0.717) is 30.0 Å². The highest BCUT2D eigenvalue weighted by atomic mass is 16.4. The molecule has 4 amide bonds. The third kappa shape index (κ3) is 7.88. The van der Waals surface area contributed by atoms with Gasteiger partial charge in [-0.25, -0.2) is 4.79 Å². The quantitative estimate of drug-likeness (QED) is 0.311. The minimum Gasteiger partial charge on any atom is -0.481 e. The van der Waals surface area contributed by atoms with Crippen molar-refractivity contribution in [1.82, 2.24) is 15.6 Å². The maximum Gasteiger partial charge on any atom is 0.319 e. The zero-order valence-electron chi connectivity index (χ0n) is 21.4. The molecule has 1 atom stereocenters. The lowest BCUT2D eigenvalue weighted by atomic mass is 10.1. The van der Waals surface area contributed by atoms with Crippen molar-refractivity contribution >= 4 is 35.2 Å². The summed E-state index contributed by atoms with van der Waals surface area (Å²) in [4.78, 5) is 55.5. The van der Waals surface area contributed by atoms with E-state index in [1.165, 1.54) is 6.20 Å². The van der Waals surface area contributed by atoms with Gasteiger partial charge in [0, 0.05) is 36.9 Å². The number of nitrogens with zero attached hydrogens (tertiary/aromatic N) is 2. The number of aliphatic carboxylic acids is 1. The molecule has 0 radical (unpaired) electrons. The smallest absolute Gasteiger partial charge is 0.319 e. The number of pyridine rings is 1. The van der Waals surface area contributed by atoms with Crippen LogP contribution in [0.25, 0.3) is 0 Å². The molecule has 0 fully saturated rings. The van der Waals surface area contributed by atoms with Gasteiger partial charge in [-0.05, 0) is 54.2 Å². The van der Waals surface area contributed by atoms with E-state index in [1.54, 1.807) is 35.4 Å². The molecule has 0 saturated heterocycles. The van der Waals surface area contributed by atoms with Gasteiger partial charge in [-0.15, -0.1) is 0 Å². The summed E-state index contributed by atoms with van der Waals surface area (Å²) >= 11 is 0. The highest BCUT2D eigenvalue weighted by Gasteiger charge is 2.26. The average molecular weight is 530 g/mol. The summed E-state index contributed by atoms with van der Waals surface area (Å²) in [6, 6.07) is 17.1. The standard InChI is InChI=1S/C29H31N5O5/c35-26(33-24(16-28(37)38)22-10-6-13-30-19-22)17-27(36)34-14-5-4-9-21-11-12-23(15-25(21)34)32-29(39)31-18-20-7-2-1-3-8-20/h1-3,6-8,10-13,15,19,24H,4-5,9,14,16-18H2,(H,33,35)(H,37,38)(H2,31,32,39). The molecule has 0 saturated carbocycles. The largest absolute Gasteiger partial charge is 0.481 e. The van der Waals surface area contributed by atoms with Crippen LogP contribution in [0.5, 0.6) is 0 Å². The first-order chi connectivity index (χ1) is 18.9. The van der Waals surface area contributed by atoms with Crippen LogP contribution in [0.3, 0.4) is 0 Å². The third-order valence-corrected chi connectivity index (χ3v) is 6.42. The number of aryl methyl sites for hydroxylation is 1. The molecule has 1 unspecified atom stereocenters. The van der Waals surface area contributed by atoms with E-state index in [0.717, 1.165) is 30.4 Å². The summed E-state index contributed by atoms with van der Waals surface area (Å²) in [6.07, 6.45) is 4.69. The fraction of sp³-hybridized carbons (Fsp3) is 0.276. The van der Waals surface area contributed by atoms with E-state index in [-0.39, 0.29) is 12.5 Å². The molecule has 202 valence electrons. The molecule has 0 aliphatic carbocycles. The van der Waals surface area contributed by atoms with Gasteiger partial charge in [0.05, 0.1) is 12.5 Å². The minimum atomic E-state index is -1.08. The summed E-state index contributed by atoms with van der Waals surface area (Å²) in [5, 5.41) is 17.6. The van der Waals surface area contributed by atoms with Gasteiger partial charge in [0.25, 0.3) is 0 Å². The second kappa shape index (κ2) is 13.2. The normalized spacial score (nSPS) is 13.4. The number of hydrogen-bond donors (Lipinski definition) is 4. The molecule has 10 heteroatoms. The monoisotopic (exact) mass is 529 g/mol. The molecule has 1 aromatic heterocycles. The number of benzene rings is 2. The molecular formula is C29H31N5O5. The minimum absolute atomic E-state index is 0.334. The first-order valence-electron chi connectivity index (χ1n) is 12.8. The second-order valence-electron chi connectivity index (χ2n) is 9.32. The van der Waals surface area contributed by atoms with E-state index < -0.39 is 30.2 Å². The van der Waals surface area contributed by atoms with Crippen molar-refractivity contribution in [2.24, 2.45) is 0 Å². The Labute approximate surface area is 226 Å². The van der Waals surface area contributed by atoms with Crippen molar-refractivity contribution in [2.75, 3.05) is 16.8 Å². The van der Waals surface area contributed by atoms with Crippen LogP contribution in [-0.2, 0) is 27.3 Å². The molecule has 1 aliphatic heterocycles. The number of fused-ring (bicyclic) bond motifs is 1. The lowest BCUT2D eigenvalue weighted by Crippen LogP contribution is -2.38. The van der Waals surface area contributed by atoms with Crippen LogP contribution >= 0.6 is 0 Å². The van der Waals surface area contributed by atoms with E-state index in [9.17, 15) is 24.3 Å². The lowest BCUT2D eigenvalue weighted by Gasteiger charge is -2.24. The second-order valence-corrected chi connectivity index (χ2v) is 9.32. The van der Waals surface area contributed by atoms with Gasteiger partial charge in [0.2, 0.25) is 11.8 Å². The summed E-state index contributed by atoms with van der Waals surface area (Å²) < 4.78 is 0. The molecule has 0 spiro atoms. The van der Waals surface area contributed by atoms with Crippen LogP contribution in [0.4, 0.5) is 16.2 Å². The predicted octanol–water partition coefficient (Wildman–Crippen LogP) is 3.79. The van der Waals surface area contributed by atoms with E-state index in [2.05, 4.69) is 20.9 Å². The van der Waals surface area contributed by atoms with Crippen LogP contribution < -0.4 is 20.9 Å². The maximum absolute atomic E-state index is 13.3. The van der Waals surface area contributed by atoms with Crippen molar-refractivity contribution in [3.8, 4) is 0 Å². The number of aromatic nitrogens is 1. The predicted molar refractivity (Wildman–Crippen MR) is 146 cm³/mol. The number of urea groups is 1. The zero-order chi connectivity index (χ0) is 27.6. The first-order valence-corrected chi connectivity index (χ1v) is 12.8. The lowest BCUT2D eigenvalue weighted by molar-refractivity contribution is -0.137. The molecule has 3 aromatic rings. The highest BCUT2D eigenvalue weighted by molar-refractivity contribution is 6.06. The number of carboxylic acid groups (broad SMARTS) is 1. The van der Waals surface area contributed by atoms with Gasteiger partial charge in [0.1, 0.15) is 6.42 Å². The van der Waals surface area contributed by atoms with Gasteiger partial charge >= 0.3 is 12.0 Å². The molecule has 4 rings (SSSR count). The van der Waals surface area contributed by atoms with E-state index in [4.69, 9.17) is 0 Å². The number of carboxylic acids is 1. The molecular weight excluding hydrogens is 498 g/mol. The van der Waals surface area contributed by atoms with Gasteiger partial charge in [0.15, 0.2) is 0 Å². The van der Waals surface area contributed by atoms with Crippen molar-refractivity contribution in [1.29, 1.82) is 0 Å². The third-order valence-electron chi connectivity index (χ3n) is 6.42. The Kier molecular flexibility index (Phi) is 9.23. The van der Waals surface area contributed by atoms with Crippen molar-refractivity contribution in [3.63, 3.8) is 0 Å². The SMILES string of the molecule is O=C(O)CC(NC(=O)CC(=O)N1CCCCc2ccc(NC(=O)NCc3ccccc3)cc21)c1cccnc1. The average Bonchev–Trinajstić information content (AvgIpc) is 3.14. The Bertz CT molecular complexity index is 1320. The fourth-order valence-electron chi connectivity index (χ4n) is 4.51. The van der Waals surface area contributed by atoms with Crippen LogP contribution in [0.1, 0.15) is 48.4 Å².